The third kappa shape index (κ3) is 2.80. The monoisotopic (exact) mass is 280 g/mol. The van der Waals surface area contributed by atoms with E-state index in [0.717, 1.165) is 6.07 Å². The maximum absolute atomic E-state index is 13.5. The number of carbonyl (C=O) groups excluding carboxylic acids is 2. The first-order valence-electron chi connectivity index (χ1n) is 6.44. The predicted molar refractivity (Wildman–Crippen MR) is 71.0 cm³/mol. The fourth-order valence-electron chi connectivity index (χ4n) is 2.31. The molecule has 0 aromatic heterocycles. The number of hydrogen-bond acceptors (Lipinski definition) is 4. The van der Waals surface area contributed by atoms with Gasteiger partial charge in [0.05, 0.1) is 11.6 Å². The Bertz CT molecular complexity index is 560. The Kier molecular flexibility index (Phi) is 4.04. The molecule has 2 N–H and O–H groups in total. The van der Waals surface area contributed by atoms with Crippen LogP contribution >= 0.6 is 0 Å². The molecule has 1 atom stereocenters. The van der Waals surface area contributed by atoms with Gasteiger partial charge in [-0.15, -0.1) is 0 Å². The molecule has 1 amide bonds. The van der Waals surface area contributed by atoms with Gasteiger partial charge in [0, 0.05) is 25.2 Å². The maximum Gasteiger partial charge on any atom is 0.237 e. The van der Waals surface area contributed by atoms with E-state index in [1.165, 1.54) is 13.0 Å². The van der Waals surface area contributed by atoms with Crippen molar-refractivity contribution in [1.29, 1.82) is 0 Å². The number of Topliss-reactive ketones (excluding diaryl/α,β-unsaturated/α-hetero) is 1. The molecule has 1 aromatic carbocycles. The highest BCUT2D eigenvalue weighted by atomic mass is 19.1. The first kappa shape index (κ1) is 14.5. The summed E-state index contributed by atoms with van der Waals surface area (Å²) in [6.45, 7) is 4.36. The van der Waals surface area contributed by atoms with Crippen molar-refractivity contribution in [2.75, 3.05) is 13.1 Å². The zero-order valence-corrected chi connectivity index (χ0v) is 11.4. The van der Waals surface area contributed by atoms with Crippen molar-refractivity contribution in [3.05, 3.63) is 29.1 Å². The molecule has 108 valence electrons. The minimum atomic E-state index is -0.572. The zero-order valence-electron chi connectivity index (χ0n) is 11.4. The number of piperazine rings is 1. The molecular formula is C14H17FN2O3. The normalized spacial score (nSPS) is 19.8. The highest BCUT2D eigenvalue weighted by Crippen LogP contribution is 2.26. The Morgan fingerprint density at radius 3 is 2.90 bits per heavy atom. The summed E-state index contributed by atoms with van der Waals surface area (Å²) in [6, 6.07) is 1.86. The van der Waals surface area contributed by atoms with E-state index in [1.54, 1.807) is 6.92 Å². The molecule has 1 fully saturated rings. The van der Waals surface area contributed by atoms with Gasteiger partial charge in [-0.25, -0.2) is 4.39 Å². The van der Waals surface area contributed by atoms with Crippen molar-refractivity contribution in [2.24, 2.45) is 0 Å². The van der Waals surface area contributed by atoms with Crippen molar-refractivity contribution >= 4 is 11.7 Å². The molecule has 0 bridgehead atoms. The van der Waals surface area contributed by atoms with Gasteiger partial charge in [-0.1, -0.05) is 0 Å². The number of amides is 1. The lowest BCUT2D eigenvalue weighted by Gasteiger charge is -2.32. The molecule has 1 saturated heterocycles. The van der Waals surface area contributed by atoms with Crippen LogP contribution in [0.4, 0.5) is 4.39 Å². The van der Waals surface area contributed by atoms with Gasteiger partial charge in [0.2, 0.25) is 5.91 Å². The SMILES string of the molecule is CC(=O)c1cc(F)cc(CN2CCNC(=O)C2C)c1O. The largest absolute Gasteiger partial charge is 0.507 e. The van der Waals surface area contributed by atoms with Crippen LogP contribution in [-0.4, -0.2) is 40.8 Å². The lowest BCUT2D eigenvalue weighted by molar-refractivity contribution is -0.128. The molecule has 0 spiro atoms. The molecule has 1 unspecified atom stereocenters. The average Bonchev–Trinajstić information content (AvgIpc) is 2.38. The van der Waals surface area contributed by atoms with Crippen molar-refractivity contribution in [2.45, 2.75) is 26.4 Å². The molecule has 0 radical (unpaired) electrons. The van der Waals surface area contributed by atoms with Crippen LogP contribution in [0.2, 0.25) is 0 Å². The fourth-order valence-corrected chi connectivity index (χ4v) is 2.31. The van der Waals surface area contributed by atoms with Gasteiger partial charge in [-0.05, 0) is 26.0 Å². The van der Waals surface area contributed by atoms with Crippen LogP contribution in [0, 0.1) is 5.82 Å². The molecular weight excluding hydrogens is 263 g/mol. The molecule has 20 heavy (non-hydrogen) atoms. The quantitative estimate of drug-likeness (QED) is 0.812. The number of nitrogens with zero attached hydrogens (tertiary/aromatic N) is 1. The van der Waals surface area contributed by atoms with E-state index in [2.05, 4.69) is 5.32 Å². The molecule has 1 aliphatic heterocycles. The smallest absolute Gasteiger partial charge is 0.237 e. The maximum atomic E-state index is 13.5. The summed E-state index contributed by atoms with van der Waals surface area (Å²) < 4.78 is 13.5. The van der Waals surface area contributed by atoms with E-state index < -0.39 is 11.6 Å². The molecule has 1 aromatic rings. The number of hydrogen-bond donors (Lipinski definition) is 2. The minimum absolute atomic E-state index is 0.0332. The van der Waals surface area contributed by atoms with Crippen molar-refractivity contribution < 1.29 is 19.1 Å². The summed E-state index contributed by atoms with van der Waals surface area (Å²) in [5, 5.41) is 12.8. The number of phenols is 1. The first-order valence-corrected chi connectivity index (χ1v) is 6.44. The Balaban J connectivity index is 2.29. The van der Waals surface area contributed by atoms with Gasteiger partial charge in [-0.3, -0.25) is 14.5 Å². The lowest BCUT2D eigenvalue weighted by Crippen LogP contribution is -2.53. The zero-order chi connectivity index (χ0) is 14.9. The average molecular weight is 280 g/mol. The molecule has 0 saturated carbocycles. The lowest BCUT2D eigenvalue weighted by atomic mass is 10.0. The Morgan fingerprint density at radius 1 is 1.55 bits per heavy atom. The summed E-state index contributed by atoms with van der Waals surface area (Å²) in [6.07, 6.45) is 0. The second-order valence-corrected chi connectivity index (χ2v) is 4.95. The van der Waals surface area contributed by atoms with Gasteiger partial charge in [0.25, 0.3) is 0 Å². The van der Waals surface area contributed by atoms with E-state index in [0.29, 0.717) is 18.7 Å². The van der Waals surface area contributed by atoms with Crippen LogP contribution in [0.1, 0.15) is 29.8 Å². The number of carbonyl (C=O) groups is 2. The second-order valence-electron chi connectivity index (χ2n) is 4.95. The topological polar surface area (TPSA) is 69.6 Å². The van der Waals surface area contributed by atoms with E-state index in [4.69, 9.17) is 0 Å². The number of phenolic OH excluding ortho intramolecular Hbond substituents is 1. The number of benzene rings is 1. The van der Waals surface area contributed by atoms with Crippen molar-refractivity contribution in [3.8, 4) is 5.75 Å². The van der Waals surface area contributed by atoms with E-state index in [9.17, 15) is 19.1 Å². The van der Waals surface area contributed by atoms with E-state index in [1.807, 2.05) is 4.90 Å². The number of halogens is 1. The first-order chi connectivity index (χ1) is 9.40. The number of aromatic hydroxyl groups is 1. The van der Waals surface area contributed by atoms with Crippen LogP contribution in [-0.2, 0) is 11.3 Å². The number of nitrogens with one attached hydrogen (secondary N) is 1. The van der Waals surface area contributed by atoms with Gasteiger partial charge in [0.1, 0.15) is 11.6 Å². The predicted octanol–water partition coefficient (Wildman–Crippen LogP) is 1.05. The summed E-state index contributed by atoms with van der Waals surface area (Å²) in [7, 11) is 0. The second kappa shape index (κ2) is 5.58. The van der Waals surface area contributed by atoms with E-state index in [-0.39, 0.29) is 29.8 Å². The van der Waals surface area contributed by atoms with Gasteiger partial charge >= 0.3 is 0 Å². The molecule has 6 heteroatoms. The fraction of sp³-hybridized carbons (Fsp3) is 0.429. The van der Waals surface area contributed by atoms with Gasteiger partial charge in [-0.2, -0.15) is 0 Å². The summed E-state index contributed by atoms with van der Waals surface area (Å²) in [4.78, 5) is 24.8. The molecule has 1 aliphatic rings. The van der Waals surface area contributed by atoms with Crippen molar-refractivity contribution in [3.63, 3.8) is 0 Å². The molecule has 0 aliphatic carbocycles. The third-order valence-electron chi connectivity index (χ3n) is 3.53. The van der Waals surface area contributed by atoms with Crippen LogP contribution in [0.25, 0.3) is 0 Å². The molecule has 1 heterocycles. The highest BCUT2D eigenvalue weighted by Gasteiger charge is 2.26. The summed E-state index contributed by atoms with van der Waals surface area (Å²) in [5.74, 6) is -1.28. The summed E-state index contributed by atoms with van der Waals surface area (Å²) in [5.41, 5.74) is 0.283. The van der Waals surface area contributed by atoms with Gasteiger partial charge in [0.15, 0.2) is 5.78 Å². The number of rotatable bonds is 3. The van der Waals surface area contributed by atoms with E-state index >= 15 is 0 Å². The van der Waals surface area contributed by atoms with Crippen LogP contribution in [0.5, 0.6) is 5.75 Å². The summed E-state index contributed by atoms with van der Waals surface area (Å²) >= 11 is 0. The van der Waals surface area contributed by atoms with Crippen LogP contribution < -0.4 is 5.32 Å². The Labute approximate surface area is 116 Å². The Morgan fingerprint density at radius 2 is 2.25 bits per heavy atom. The third-order valence-corrected chi connectivity index (χ3v) is 3.53. The Hall–Kier alpha value is -1.95. The highest BCUT2D eigenvalue weighted by molar-refractivity contribution is 5.97. The number of ketones is 1. The minimum Gasteiger partial charge on any atom is -0.507 e. The standard InChI is InChI=1S/C14H17FN2O3/c1-8-14(20)16-3-4-17(8)7-10-5-11(15)6-12(9(2)18)13(10)19/h5-6,8,19H,3-4,7H2,1-2H3,(H,16,20). The van der Waals surface area contributed by atoms with Gasteiger partial charge < -0.3 is 10.4 Å². The molecule has 2 rings (SSSR count). The van der Waals surface area contributed by atoms with Crippen LogP contribution in [0.15, 0.2) is 12.1 Å². The van der Waals surface area contributed by atoms with Crippen LogP contribution in [0.3, 0.4) is 0 Å². The van der Waals surface area contributed by atoms with Crippen molar-refractivity contribution in [1.82, 2.24) is 10.2 Å². The molecule has 5 nitrogen and oxygen atoms in total.